The Morgan fingerprint density at radius 1 is 1.29 bits per heavy atom. The highest BCUT2D eigenvalue weighted by atomic mass is 16.4. The first-order chi connectivity index (χ1) is 9.86. The van der Waals surface area contributed by atoms with E-state index in [1.165, 1.54) is 11.9 Å². The Morgan fingerprint density at radius 3 is 2.48 bits per heavy atom. The maximum Gasteiger partial charge on any atom is 0.323 e. The molecule has 118 valence electrons. The Bertz CT molecular complexity index is 423. The van der Waals surface area contributed by atoms with E-state index in [2.05, 4.69) is 5.32 Å². The average Bonchev–Trinajstić information content (AvgIpc) is 2.44. The maximum absolute atomic E-state index is 12.4. The van der Waals surface area contributed by atoms with E-state index in [0.717, 1.165) is 17.7 Å². The van der Waals surface area contributed by atoms with Crippen LogP contribution in [0.2, 0.25) is 0 Å². The second kappa shape index (κ2) is 7.46. The molecule has 1 heterocycles. The highest BCUT2D eigenvalue weighted by Crippen LogP contribution is 2.19. The second-order valence-corrected chi connectivity index (χ2v) is 4.82. The van der Waals surface area contributed by atoms with E-state index in [0.29, 0.717) is 13.0 Å². The van der Waals surface area contributed by atoms with Crippen LogP contribution in [0.5, 0.6) is 0 Å². The summed E-state index contributed by atoms with van der Waals surface area (Å²) in [4.78, 5) is 48.2. The molecule has 0 spiro atoms. The van der Waals surface area contributed by atoms with Gasteiger partial charge in [-0.1, -0.05) is 0 Å². The molecule has 9 nitrogen and oxygen atoms in total. The van der Waals surface area contributed by atoms with Crippen molar-refractivity contribution >= 4 is 23.8 Å². The van der Waals surface area contributed by atoms with Gasteiger partial charge in [0, 0.05) is 13.6 Å². The first-order valence-corrected chi connectivity index (χ1v) is 6.64. The van der Waals surface area contributed by atoms with Crippen molar-refractivity contribution in [1.82, 2.24) is 15.1 Å². The number of carbonyl (C=O) groups is 4. The number of amides is 4. The molecule has 1 aliphatic heterocycles. The van der Waals surface area contributed by atoms with E-state index in [4.69, 9.17) is 10.8 Å². The van der Waals surface area contributed by atoms with Gasteiger partial charge in [-0.15, -0.1) is 0 Å². The Hall–Kier alpha value is -2.32. The molecule has 1 saturated heterocycles. The van der Waals surface area contributed by atoms with Gasteiger partial charge < -0.3 is 26.0 Å². The van der Waals surface area contributed by atoms with Crippen LogP contribution in [0.4, 0.5) is 4.79 Å². The fourth-order valence-corrected chi connectivity index (χ4v) is 2.32. The summed E-state index contributed by atoms with van der Waals surface area (Å²) in [6.45, 7) is -0.799. The summed E-state index contributed by atoms with van der Waals surface area (Å²) in [6, 6.07) is -1.31. The van der Waals surface area contributed by atoms with Crippen LogP contribution in [0, 0.1) is 0 Å². The number of carboxylic acid groups (broad SMARTS) is 1. The van der Waals surface area contributed by atoms with Crippen LogP contribution in [0.25, 0.3) is 0 Å². The Kier molecular flexibility index (Phi) is 5.94. The molecule has 0 bridgehead atoms. The van der Waals surface area contributed by atoms with Gasteiger partial charge in [-0.3, -0.25) is 14.4 Å². The van der Waals surface area contributed by atoms with Crippen LogP contribution >= 0.6 is 0 Å². The second-order valence-electron chi connectivity index (χ2n) is 4.82. The van der Waals surface area contributed by atoms with E-state index in [9.17, 15) is 19.2 Å². The number of piperidine rings is 1. The van der Waals surface area contributed by atoms with Crippen molar-refractivity contribution in [3.05, 3.63) is 0 Å². The summed E-state index contributed by atoms with van der Waals surface area (Å²) >= 11 is 0. The smallest absolute Gasteiger partial charge is 0.323 e. The zero-order valence-electron chi connectivity index (χ0n) is 11.9. The molecule has 4 amide bonds. The third kappa shape index (κ3) is 4.62. The third-order valence-electron chi connectivity index (χ3n) is 3.24. The van der Waals surface area contributed by atoms with Crippen LogP contribution in [-0.4, -0.2) is 71.4 Å². The highest BCUT2D eigenvalue weighted by Gasteiger charge is 2.34. The van der Waals surface area contributed by atoms with Crippen LogP contribution < -0.4 is 11.1 Å². The summed E-state index contributed by atoms with van der Waals surface area (Å²) < 4.78 is 0. The highest BCUT2D eigenvalue weighted by molar-refractivity contribution is 5.90. The summed E-state index contributed by atoms with van der Waals surface area (Å²) in [5.41, 5.74) is 5.03. The lowest BCUT2D eigenvalue weighted by atomic mass is 10.0. The molecule has 1 fully saturated rings. The van der Waals surface area contributed by atoms with Gasteiger partial charge in [0.2, 0.25) is 11.8 Å². The number of carboxylic acids is 1. The quantitative estimate of drug-likeness (QED) is 0.573. The molecule has 1 atom stereocenters. The average molecular weight is 300 g/mol. The number of hydrogen-bond acceptors (Lipinski definition) is 4. The number of rotatable bonds is 5. The normalized spacial score (nSPS) is 18.0. The molecule has 1 unspecified atom stereocenters. The molecular weight excluding hydrogens is 280 g/mol. The van der Waals surface area contributed by atoms with Crippen molar-refractivity contribution in [2.24, 2.45) is 5.73 Å². The predicted octanol–water partition coefficient (Wildman–Crippen LogP) is -1.42. The van der Waals surface area contributed by atoms with E-state index < -0.39 is 37.0 Å². The van der Waals surface area contributed by atoms with Gasteiger partial charge in [-0.25, -0.2) is 4.79 Å². The molecule has 4 N–H and O–H groups in total. The molecule has 21 heavy (non-hydrogen) atoms. The molecule has 9 heteroatoms. The molecule has 0 aromatic heterocycles. The Balaban J connectivity index is 2.90. The van der Waals surface area contributed by atoms with Crippen molar-refractivity contribution in [2.75, 3.05) is 26.7 Å². The van der Waals surface area contributed by atoms with Crippen LogP contribution in [0.1, 0.15) is 19.3 Å². The van der Waals surface area contributed by atoms with E-state index in [1.54, 1.807) is 0 Å². The van der Waals surface area contributed by atoms with Crippen molar-refractivity contribution in [3.63, 3.8) is 0 Å². The minimum absolute atomic E-state index is 0.308. The number of carbonyl (C=O) groups excluding carboxylic acids is 3. The lowest BCUT2D eigenvalue weighted by Crippen LogP contribution is -2.57. The van der Waals surface area contributed by atoms with Gasteiger partial charge in [0.25, 0.3) is 0 Å². The molecule has 0 saturated carbocycles. The Morgan fingerprint density at radius 2 is 1.95 bits per heavy atom. The number of nitrogens with two attached hydrogens (primary N) is 1. The monoisotopic (exact) mass is 300 g/mol. The molecule has 0 aromatic rings. The van der Waals surface area contributed by atoms with E-state index in [-0.39, 0.29) is 5.91 Å². The number of nitrogens with one attached hydrogen (secondary N) is 1. The van der Waals surface area contributed by atoms with Gasteiger partial charge in [0.1, 0.15) is 19.1 Å². The maximum atomic E-state index is 12.4. The number of nitrogens with zero attached hydrogens (tertiary/aromatic N) is 2. The molecular formula is C12H20N4O5. The van der Waals surface area contributed by atoms with Crippen molar-refractivity contribution in [1.29, 1.82) is 0 Å². The largest absolute Gasteiger partial charge is 0.480 e. The standard InChI is InChI=1S/C12H20N4O5/c1-14-11(20)8-4-2-3-5-16(8)12(21)15(6-9(13)17)7-10(18)19/h8H,2-7H2,1H3,(H2,13,17)(H,14,20)(H,18,19). The van der Waals surface area contributed by atoms with Crippen molar-refractivity contribution in [3.8, 4) is 0 Å². The fraction of sp³-hybridized carbons (Fsp3) is 0.667. The third-order valence-corrected chi connectivity index (χ3v) is 3.24. The Labute approximate surface area is 122 Å². The number of likely N-dealkylation sites (tertiary alicyclic amines) is 1. The zero-order chi connectivity index (χ0) is 16.0. The van der Waals surface area contributed by atoms with Gasteiger partial charge >= 0.3 is 12.0 Å². The van der Waals surface area contributed by atoms with Gasteiger partial charge in [-0.05, 0) is 19.3 Å². The zero-order valence-corrected chi connectivity index (χ0v) is 11.9. The first kappa shape index (κ1) is 16.7. The number of hydrogen-bond donors (Lipinski definition) is 3. The number of urea groups is 1. The van der Waals surface area contributed by atoms with Gasteiger partial charge in [0.15, 0.2) is 0 Å². The number of primary amides is 1. The minimum Gasteiger partial charge on any atom is -0.480 e. The van der Waals surface area contributed by atoms with Crippen molar-refractivity contribution < 1.29 is 24.3 Å². The lowest BCUT2D eigenvalue weighted by molar-refractivity contribution is -0.138. The van der Waals surface area contributed by atoms with Crippen molar-refractivity contribution in [2.45, 2.75) is 25.3 Å². The molecule has 0 aliphatic carbocycles. The SMILES string of the molecule is CNC(=O)C1CCCCN1C(=O)N(CC(N)=O)CC(=O)O. The number of likely N-dealkylation sites (N-methyl/N-ethyl adjacent to an activating group) is 1. The van der Waals surface area contributed by atoms with Crippen LogP contribution in [0.15, 0.2) is 0 Å². The lowest BCUT2D eigenvalue weighted by Gasteiger charge is -2.37. The van der Waals surface area contributed by atoms with Crippen LogP contribution in [-0.2, 0) is 14.4 Å². The fourth-order valence-electron chi connectivity index (χ4n) is 2.32. The van der Waals surface area contributed by atoms with E-state index in [1.807, 2.05) is 0 Å². The molecule has 1 rings (SSSR count). The topological polar surface area (TPSA) is 133 Å². The minimum atomic E-state index is -1.25. The molecule has 0 aromatic carbocycles. The summed E-state index contributed by atoms with van der Waals surface area (Å²) in [5, 5.41) is 11.3. The van der Waals surface area contributed by atoms with Gasteiger partial charge in [-0.2, -0.15) is 0 Å². The van der Waals surface area contributed by atoms with Gasteiger partial charge in [0.05, 0.1) is 0 Å². The summed E-state index contributed by atoms with van der Waals surface area (Å²) in [5.74, 6) is -2.37. The molecule has 0 radical (unpaired) electrons. The summed E-state index contributed by atoms with van der Waals surface area (Å²) in [7, 11) is 1.47. The first-order valence-electron chi connectivity index (χ1n) is 6.64. The predicted molar refractivity (Wildman–Crippen MR) is 72.2 cm³/mol. The van der Waals surface area contributed by atoms with Crippen LogP contribution in [0.3, 0.4) is 0 Å². The van der Waals surface area contributed by atoms with E-state index >= 15 is 0 Å². The molecule has 1 aliphatic rings. The summed E-state index contributed by atoms with van der Waals surface area (Å²) in [6.07, 6.45) is 2.02. The number of aliphatic carboxylic acids is 1.